The predicted octanol–water partition coefficient (Wildman–Crippen LogP) is 3.09. The monoisotopic (exact) mass is 421 g/mol. The van der Waals surface area contributed by atoms with Gasteiger partial charge in [0.2, 0.25) is 11.8 Å². The summed E-state index contributed by atoms with van der Waals surface area (Å²) in [5.41, 5.74) is 3.37. The molecule has 0 bridgehead atoms. The van der Waals surface area contributed by atoms with E-state index in [9.17, 15) is 9.59 Å². The topological polar surface area (TPSA) is 53.1 Å². The summed E-state index contributed by atoms with van der Waals surface area (Å²) in [4.78, 5) is 31.6. The quantitative estimate of drug-likeness (QED) is 0.719. The molecule has 31 heavy (non-hydrogen) atoms. The van der Waals surface area contributed by atoms with Crippen LogP contribution in [0.2, 0.25) is 0 Å². The molecule has 6 heteroatoms. The number of benzene rings is 2. The summed E-state index contributed by atoms with van der Waals surface area (Å²) in [6.45, 7) is 6.39. The maximum absolute atomic E-state index is 13.0. The minimum absolute atomic E-state index is 0.0236. The molecule has 0 saturated carbocycles. The van der Waals surface area contributed by atoms with Crippen molar-refractivity contribution < 1.29 is 14.3 Å². The summed E-state index contributed by atoms with van der Waals surface area (Å²) in [5, 5.41) is 0. The zero-order valence-corrected chi connectivity index (χ0v) is 18.4. The van der Waals surface area contributed by atoms with Crippen LogP contribution in [0.15, 0.2) is 54.6 Å². The van der Waals surface area contributed by atoms with E-state index in [0.29, 0.717) is 13.1 Å². The zero-order chi connectivity index (χ0) is 21.8. The average Bonchev–Trinajstić information content (AvgIpc) is 3.21. The lowest BCUT2D eigenvalue weighted by molar-refractivity contribution is -0.135. The van der Waals surface area contributed by atoms with E-state index in [1.54, 1.807) is 4.90 Å². The summed E-state index contributed by atoms with van der Waals surface area (Å²) in [7, 11) is 1.83. The SMILES string of the molecule is C[C@@H](c1ccccc1)N1C[C@@H](C(=O)N(C)Cc2ccc(N3CCOCC3)cc2)CC1=O. The van der Waals surface area contributed by atoms with Gasteiger partial charge in [-0.05, 0) is 30.2 Å². The fraction of sp³-hybridized carbons (Fsp3) is 0.440. The number of nitrogens with zero attached hydrogens (tertiary/aromatic N) is 3. The smallest absolute Gasteiger partial charge is 0.228 e. The van der Waals surface area contributed by atoms with E-state index in [1.807, 2.05) is 49.2 Å². The molecular weight excluding hydrogens is 390 g/mol. The van der Waals surface area contributed by atoms with Crippen LogP contribution >= 0.6 is 0 Å². The molecule has 2 aliphatic heterocycles. The average molecular weight is 422 g/mol. The summed E-state index contributed by atoms with van der Waals surface area (Å²) in [6, 6.07) is 18.3. The standard InChI is InChI=1S/C25H31N3O3/c1-19(21-6-4-3-5-7-21)28-18-22(16-24(28)29)25(30)26(2)17-20-8-10-23(11-9-20)27-12-14-31-15-13-27/h3-11,19,22H,12-18H2,1-2H3/t19-,22-/m0/s1. The molecule has 0 unspecified atom stereocenters. The first-order valence-electron chi connectivity index (χ1n) is 11.0. The molecular formula is C25H31N3O3. The first-order valence-corrected chi connectivity index (χ1v) is 11.0. The number of carbonyl (C=O) groups is 2. The van der Waals surface area contributed by atoms with Crippen molar-refractivity contribution in [2.24, 2.45) is 5.92 Å². The highest BCUT2D eigenvalue weighted by atomic mass is 16.5. The van der Waals surface area contributed by atoms with Crippen LogP contribution in [0.4, 0.5) is 5.69 Å². The highest BCUT2D eigenvalue weighted by Gasteiger charge is 2.38. The second-order valence-corrected chi connectivity index (χ2v) is 8.49. The number of anilines is 1. The van der Waals surface area contributed by atoms with Gasteiger partial charge in [-0.25, -0.2) is 0 Å². The van der Waals surface area contributed by atoms with Crippen molar-refractivity contribution in [1.29, 1.82) is 0 Å². The van der Waals surface area contributed by atoms with Crippen LogP contribution in [0.1, 0.15) is 30.5 Å². The second kappa shape index (κ2) is 9.52. The van der Waals surface area contributed by atoms with E-state index in [4.69, 9.17) is 4.74 Å². The Bertz CT molecular complexity index is 894. The summed E-state index contributed by atoms with van der Waals surface area (Å²) >= 11 is 0. The van der Waals surface area contributed by atoms with Crippen LogP contribution in [0.5, 0.6) is 0 Å². The van der Waals surface area contributed by atoms with Crippen LogP contribution in [0.25, 0.3) is 0 Å². The Kier molecular flexibility index (Phi) is 6.56. The number of morpholine rings is 1. The van der Waals surface area contributed by atoms with E-state index in [-0.39, 0.29) is 30.2 Å². The molecule has 2 atom stereocenters. The highest BCUT2D eigenvalue weighted by Crippen LogP contribution is 2.29. The maximum atomic E-state index is 13.0. The first-order chi connectivity index (χ1) is 15.0. The Morgan fingerprint density at radius 3 is 2.45 bits per heavy atom. The fourth-order valence-corrected chi connectivity index (χ4v) is 4.48. The normalized spacial score (nSPS) is 20.1. The van der Waals surface area contributed by atoms with Gasteiger partial charge in [0.05, 0.1) is 25.2 Å². The second-order valence-electron chi connectivity index (χ2n) is 8.49. The number of ether oxygens (including phenoxy) is 1. The molecule has 0 spiro atoms. The van der Waals surface area contributed by atoms with Crippen molar-refractivity contribution in [2.75, 3.05) is 44.8 Å². The molecule has 2 amide bonds. The van der Waals surface area contributed by atoms with Gasteiger partial charge >= 0.3 is 0 Å². The molecule has 0 radical (unpaired) electrons. The molecule has 0 N–H and O–H groups in total. The Morgan fingerprint density at radius 1 is 1.10 bits per heavy atom. The van der Waals surface area contributed by atoms with E-state index in [0.717, 1.165) is 37.4 Å². The van der Waals surface area contributed by atoms with Gasteiger partial charge in [-0.3, -0.25) is 9.59 Å². The van der Waals surface area contributed by atoms with E-state index < -0.39 is 0 Å². The van der Waals surface area contributed by atoms with E-state index >= 15 is 0 Å². The molecule has 0 aliphatic carbocycles. The lowest BCUT2D eigenvalue weighted by Crippen LogP contribution is -2.36. The fourth-order valence-electron chi connectivity index (χ4n) is 4.48. The zero-order valence-electron chi connectivity index (χ0n) is 18.4. The first kappa shape index (κ1) is 21.4. The Hall–Kier alpha value is -2.86. The highest BCUT2D eigenvalue weighted by molar-refractivity contribution is 5.89. The van der Waals surface area contributed by atoms with Crippen molar-refractivity contribution in [1.82, 2.24) is 9.80 Å². The molecule has 2 aromatic rings. The number of likely N-dealkylation sites (tertiary alicyclic amines) is 1. The number of hydrogen-bond acceptors (Lipinski definition) is 4. The van der Waals surface area contributed by atoms with E-state index in [1.165, 1.54) is 5.69 Å². The molecule has 2 aliphatic rings. The molecule has 4 rings (SSSR count). The Morgan fingerprint density at radius 2 is 1.77 bits per heavy atom. The number of amides is 2. The number of rotatable bonds is 6. The van der Waals surface area contributed by atoms with Gasteiger partial charge < -0.3 is 19.4 Å². The van der Waals surface area contributed by atoms with Gasteiger partial charge in [-0.15, -0.1) is 0 Å². The third kappa shape index (κ3) is 4.90. The van der Waals surface area contributed by atoms with Crippen molar-refractivity contribution in [2.45, 2.75) is 25.9 Å². The molecule has 2 aromatic carbocycles. The van der Waals surface area contributed by atoms with Gasteiger partial charge in [-0.1, -0.05) is 42.5 Å². The van der Waals surface area contributed by atoms with Gasteiger partial charge in [0.1, 0.15) is 0 Å². The van der Waals surface area contributed by atoms with Gasteiger partial charge in [0.25, 0.3) is 0 Å². The van der Waals surface area contributed by atoms with Crippen molar-refractivity contribution in [3.05, 3.63) is 65.7 Å². The van der Waals surface area contributed by atoms with Crippen LogP contribution in [-0.2, 0) is 20.9 Å². The number of hydrogen-bond donors (Lipinski definition) is 0. The molecule has 2 saturated heterocycles. The minimum Gasteiger partial charge on any atom is -0.378 e. The molecule has 6 nitrogen and oxygen atoms in total. The van der Waals surface area contributed by atoms with Crippen molar-refractivity contribution in [3.63, 3.8) is 0 Å². The minimum atomic E-state index is -0.281. The Balaban J connectivity index is 1.34. The van der Waals surface area contributed by atoms with Crippen molar-refractivity contribution >= 4 is 17.5 Å². The van der Waals surface area contributed by atoms with Crippen LogP contribution < -0.4 is 4.90 Å². The Labute approximate surface area is 184 Å². The van der Waals surface area contributed by atoms with Gasteiger partial charge in [0, 0.05) is 45.3 Å². The molecule has 2 heterocycles. The third-order valence-electron chi connectivity index (χ3n) is 6.37. The summed E-state index contributed by atoms with van der Waals surface area (Å²) in [5.74, 6) is -0.192. The lowest BCUT2D eigenvalue weighted by Gasteiger charge is -2.29. The molecule has 0 aromatic heterocycles. The molecule has 2 fully saturated rings. The molecule has 164 valence electrons. The maximum Gasteiger partial charge on any atom is 0.228 e. The largest absolute Gasteiger partial charge is 0.378 e. The van der Waals surface area contributed by atoms with Crippen molar-refractivity contribution in [3.8, 4) is 0 Å². The van der Waals surface area contributed by atoms with Gasteiger partial charge in [-0.2, -0.15) is 0 Å². The lowest BCUT2D eigenvalue weighted by atomic mass is 10.1. The third-order valence-corrected chi connectivity index (χ3v) is 6.37. The van der Waals surface area contributed by atoms with Gasteiger partial charge in [0.15, 0.2) is 0 Å². The van der Waals surface area contributed by atoms with Crippen LogP contribution in [0, 0.1) is 5.92 Å². The summed E-state index contributed by atoms with van der Waals surface area (Å²) in [6.07, 6.45) is 0.288. The van der Waals surface area contributed by atoms with E-state index in [2.05, 4.69) is 29.2 Å². The van der Waals surface area contributed by atoms with Crippen LogP contribution in [0.3, 0.4) is 0 Å². The summed E-state index contributed by atoms with van der Waals surface area (Å²) < 4.78 is 5.41. The predicted molar refractivity (Wildman–Crippen MR) is 121 cm³/mol. The van der Waals surface area contributed by atoms with Crippen LogP contribution in [-0.4, -0.2) is 61.5 Å². The number of carbonyl (C=O) groups excluding carboxylic acids is 2.